The standard InChI is InChI=1S/C18H17Cl2N3O3/c1-12(6-8-22-18(25)13-3-2-7-21-10-13)23-17(24)11-26-14-4-5-15(19)16(20)9-14/h2-5,7,9-10H,1,6,8,11H2,(H,22,25)(H,23,24). The number of nitrogens with zero attached hydrogens (tertiary/aromatic N) is 1. The van der Waals surface area contributed by atoms with Crippen molar-refractivity contribution in [3.05, 3.63) is 70.6 Å². The first-order valence-corrected chi connectivity index (χ1v) is 8.45. The van der Waals surface area contributed by atoms with Gasteiger partial charge in [-0.2, -0.15) is 0 Å². The van der Waals surface area contributed by atoms with Crippen LogP contribution in [0.5, 0.6) is 5.75 Å². The SMILES string of the molecule is C=C(CCNC(=O)c1cccnc1)NC(=O)COc1ccc(Cl)c(Cl)c1. The summed E-state index contributed by atoms with van der Waals surface area (Å²) < 4.78 is 5.33. The normalized spacial score (nSPS) is 10.1. The Bertz CT molecular complexity index is 798. The molecule has 0 spiro atoms. The van der Waals surface area contributed by atoms with Crippen LogP contribution in [0.1, 0.15) is 16.8 Å². The van der Waals surface area contributed by atoms with Crippen molar-refractivity contribution in [1.29, 1.82) is 0 Å². The summed E-state index contributed by atoms with van der Waals surface area (Å²) in [4.78, 5) is 27.6. The maximum atomic E-state index is 11.9. The summed E-state index contributed by atoms with van der Waals surface area (Å²) in [7, 11) is 0. The quantitative estimate of drug-likeness (QED) is 0.721. The van der Waals surface area contributed by atoms with Crippen molar-refractivity contribution in [1.82, 2.24) is 15.6 Å². The molecule has 2 amide bonds. The predicted molar refractivity (Wildman–Crippen MR) is 100 cm³/mol. The van der Waals surface area contributed by atoms with Crippen molar-refractivity contribution in [3.8, 4) is 5.75 Å². The molecule has 6 nitrogen and oxygen atoms in total. The highest BCUT2D eigenvalue weighted by molar-refractivity contribution is 6.42. The lowest BCUT2D eigenvalue weighted by Crippen LogP contribution is -2.31. The number of rotatable bonds is 8. The highest BCUT2D eigenvalue weighted by Gasteiger charge is 2.08. The molecule has 0 radical (unpaired) electrons. The first-order chi connectivity index (χ1) is 12.5. The van der Waals surface area contributed by atoms with E-state index in [-0.39, 0.29) is 18.4 Å². The summed E-state index contributed by atoms with van der Waals surface area (Å²) in [6.07, 6.45) is 3.46. The molecule has 0 aliphatic heterocycles. The molecule has 2 N–H and O–H groups in total. The van der Waals surface area contributed by atoms with Crippen LogP contribution >= 0.6 is 23.2 Å². The van der Waals surface area contributed by atoms with Crippen LogP contribution in [0, 0.1) is 0 Å². The fourth-order valence-corrected chi connectivity index (χ4v) is 2.23. The van der Waals surface area contributed by atoms with Crippen molar-refractivity contribution >= 4 is 35.0 Å². The van der Waals surface area contributed by atoms with Crippen molar-refractivity contribution in [3.63, 3.8) is 0 Å². The number of carbonyl (C=O) groups is 2. The number of nitrogens with one attached hydrogen (secondary N) is 2. The second-order valence-electron chi connectivity index (χ2n) is 5.26. The summed E-state index contributed by atoms with van der Waals surface area (Å²) >= 11 is 11.7. The van der Waals surface area contributed by atoms with Crippen LogP contribution in [0.4, 0.5) is 0 Å². The van der Waals surface area contributed by atoms with Gasteiger partial charge in [0, 0.05) is 37.1 Å². The second kappa shape index (κ2) is 9.79. The number of benzene rings is 1. The first kappa shape index (κ1) is 19.8. The lowest BCUT2D eigenvalue weighted by molar-refractivity contribution is -0.122. The van der Waals surface area contributed by atoms with E-state index in [2.05, 4.69) is 22.2 Å². The van der Waals surface area contributed by atoms with E-state index in [9.17, 15) is 9.59 Å². The monoisotopic (exact) mass is 393 g/mol. The summed E-state index contributed by atoms with van der Waals surface area (Å²) in [5.74, 6) is -0.163. The lowest BCUT2D eigenvalue weighted by Gasteiger charge is -2.11. The van der Waals surface area contributed by atoms with Gasteiger partial charge in [0.15, 0.2) is 6.61 Å². The maximum absolute atomic E-state index is 11.9. The van der Waals surface area contributed by atoms with E-state index in [4.69, 9.17) is 27.9 Å². The Morgan fingerprint density at radius 2 is 2.00 bits per heavy atom. The fraction of sp³-hybridized carbons (Fsp3) is 0.167. The molecule has 26 heavy (non-hydrogen) atoms. The van der Waals surface area contributed by atoms with Crippen LogP contribution in [-0.4, -0.2) is 29.9 Å². The summed E-state index contributed by atoms with van der Waals surface area (Å²) in [6, 6.07) is 8.08. The molecule has 0 aliphatic carbocycles. The van der Waals surface area contributed by atoms with Crippen LogP contribution in [0.3, 0.4) is 0 Å². The average Bonchev–Trinajstić information content (AvgIpc) is 2.63. The molecule has 2 rings (SSSR count). The Labute approximate surface area is 161 Å². The van der Waals surface area contributed by atoms with Crippen molar-refractivity contribution < 1.29 is 14.3 Å². The van der Waals surface area contributed by atoms with Crippen LogP contribution in [0.2, 0.25) is 10.0 Å². The molecule has 136 valence electrons. The minimum Gasteiger partial charge on any atom is -0.484 e. The Morgan fingerprint density at radius 1 is 1.19 bits per heavy atom. The third-order valence-electron chi connectivity index (χ3n) is 3.21. The Balaban J connectivity index is 1.67. The van der Waals surface area contributed by atoms with Gasteiger partial charge in [0.25, 0.3) is 11.8 Å². The third-order valence-corrected chi connectivity index (χ3v) is 3.95. The number of carbonyl (C=O) groups excluding carboxylic acids is 2. The van der Waals surface area contributed by atoms with E-state index in [1.165, 1.54) is 12.3 Å². The molecule has 0 saturated heterocycles. The number of amides is 2. The van der Waals surface area contributed by atoms with Gasteiger partial charge in [-0.05, 0) is 24.3 Å². The molecule has 0 unspecified atom stereocenters. The molecular weight excluding hydrogens is 377 g/mol. The lowest BCUT2D eigenvalue weighted by atomic mass is 10.2. The number of aromatic nitrogens is 1. The van der Waals surface area contributed by atoms with Gasteiger partial charge < -0.3 is 15.4 Å². The van der Waals surface area contributed by atoms with E-state index >= 15 is 0 Å². The molecule has 1 aromatic heterocycles. The second-order valence-corrected chi connectivity index (χ2v) is 6.08. The fourth-order valence-electron chi connectivity index (χ4n) is 1.94. The molecule has 0 bridgehead atoms. The molecule has 0 saturated carbocycles. The number of hydrogen-bond acceptors (Lipinski definition) is 4. The molecule has 0 atom stereocenters. The highest BCUT2D eigenvalue weighted by atomic mass is 35.5. The zero-order chi connectivity index (χ0) is 18.9. The molecular formula is C18H17Cl2N3O3. The van der Waals surface area contributed by atoms with Gasteiger partial charge in [-0.3, -0.25) is 14.6 Å². The summed E-state index contributed by atoms with van der Waals surface area (Å²) in [6.45, 7) is 3.89. The first-order valence-electron chi connectivity index (χ1n) is 7.69. The van der Waals surface area contributed by atoms with Crippen LogP contribution in [0.25, 0.3) is 0 Å². The van der Waals surface area contributed by atoms with Crippen LogP contribution in [0.15, 0.2) is 55.0 Å². The average molecular weight is 394 g/mol. The largest absolute Gasteiger partial charge is 0.484 e. The van der Waals surface area contributed by atoms with Gasteiger partial charge in [-0.15, -0.1) is 0 Å². The minimum absolute atomic E-state index is 0.195. The molecule has 8 heteroatoms. The minimum atomic E-state index is -0.361. The van der Waals surface area contributed by atoms with Crippen molar-refractivity contribution in [2.24, 2.45) is 0 Å². The van der Waals surface area contributed by atoms with Crippen LogP contribution in [-0.2, 0) is 4.79 Å². The molecule has 1 heterocycles. The van der Waals surface area contributed by atoms with Gasteiger partial charge in [0.2, 0.25) is 0 Å². The topological polar surface area (TPSA) is 80.3 Å². The predicted octanol–water partition coefficient (Wildman–Crippen LogP) is 3.22. The number of pyridine rings is 1. The molecule has 1 aromatic carbocycles. The van der Waals surface area contributed by atoms with E-state index in [1.54, 1.807) is 30.5 Å². The van der Waals surface area contributed by atoms with E-state index in [0.717, 1.165) is 0 Å². The summed E-state index contributed by atoms with van der Waals surface area (Å²) in [5.41, 5.74) is 0.941. The van der Waals surface area contributed by atoms with Gasteiger partial charge in [-0.25, -0.2) is 0 Å². The van der Waals surface area contributed by atoms with E-state index < -0.39 is 0 Å². The van der Waals surface area contributed by atoms with Gasteiger partial charge in [0.1, 0.15) is 5.75 Å². The van der Waals surface area contributed by atoms with Crippen molar-refractivity contribution in [2.75, 3.05) is 13.2 Å². The zero-order valence-electron chi connectivity index (χ0n) is 13.8. The van der Waals surface area contributed by atoms with E-state index in [1.807, 2.05) is 0 Å². The third kappa shape index (κ3) is 6.38. The van der Waals surface area contributed by atoms with Gasteiger partial charge in [-0.1, -0.05) is 29.8 Å². The zero-order valence-corrected chi connectivity index (χ0v) is 15.3. The smallest absolute Gasteiger partial charge is 0.262 e. The highest BCUT2D eigenvalue weighted by Crippen LogP contribution is 2.26. The van der Waals surface area contributed by atoms with Gasteiger partial charge in [0.05, 0.1) is 15.6 Å². The Morgan fingerprint density at radius 3 is 2.69 bits per heavy atom. The number of hydrogen-bond donors (Lipinski definition) is 2. The molecule has 0 fully saturated rings. The Kier molecular flexibility index (Phi) is 7.44. The number of ether oxygens (including phenoxy) is 1. The Hall–Kier alpha value is -2.57. The van der Waals surface area contributed by atoms with Crippen molar-refractivity contribution in [2.45, 2.75) is 6.42 Å². The van der Waals surface area contributed by atoms with Gasteiger partial charge >= 0.3 is 0 Å². The maximum Gasteiger partial charge on any atom is 0.262 e. The van der Waals surface area contributed by atoms with E-state index in [0.29, 0.717) is 40.0 Å². The number of halogens is 2. The summed E-state index contributed by atoms with van der Waals surface area (Å²) in [5, 5.41) is 6.08. The van der Waals surface area contributed by atoms with Crippen LogP contribution < -0.4 is 15.4 Å². The molecule has 2 aromatic rings. The molecule has 0 aliphatic rings.